The fraction of sp³-hybridized carbons (Fsp3) is 0.882. The SMILES string of the molecule is CN=C(NCCCCN1CCC(C(N)=O)CC1)NCC(C)(C)SC. The topological polar surface area (TPSA) is 82.8 Å². The molecule has 1 amide bonds. The van der Waals surface area contributed by atoms with Crippen LogP contribution in [-0.4, -0.2) is 67.5 Å². The van der Waals surface area contributed by atoms with E-state index in [2.05, 4.69) is 40.6 Å². The number of amides is 1. The standard InChI is InChI=1S/C17H35N5OS/c1-17(2,24-4)13-21-16(19-3)20-9-5-6-10-22-11-7-14(8-12-22)15(18)23/h14H,5-13H2,1-4H3,(H2,18,23)(H2,19,20,21). The van der Waals surface area contributed by atoms with E-state index >= 15 is 0 Å². The van der Waals surface area contributed by atoms with Crippen molar-refractivity contribution in [2.75, 3.05) is 46.0 Å². The minimum atomic E-state index is -0.137. The number of nitrogens with one attached hydrogen (secondary N) is 2. The number of aliphatic imine (C=N–C) groups is 1. The van der Waals surface area contributed by atoms with Crippen molar-refractivity contribution in [3.63, 3.8) is 0 Å². The van der Waals surface area contributed by atoms with Crippen molar-refractivity contribution in [2.24, 2.45) is 16.6 Å². The molecule has 7 heteroatoms. The molecule has 0 aromatic rings. The van der Waals surface area contributed by atoms with Gasteiger partial charge in [-0.3, -0.25) is 9.79 Å². The summed E-state index contributed by atoms with van der Waals surface area (Å²) < 4.78 is 0.203. The van der Waals surface area contributed by atoms with Crippen molar-refractivity contribution < 1.29 is 4.79 Å². The molecule has 1 fully saturated rings. The van der Waals surface area contributed by atoms with Crippen LogP contribution in [-0.2, 0) is 4.79 Å². The molecule has 0 saturated carbocycles. The maximum absolute atomic E-state index is 11.2. The number of hydrogen-bond acceptors (Lipinski definition) is 4. The molecule has 0 atom stereocenters. The maximum atomic E-state index is 11.2. The lowest BCUT2D eigenvalue weighted by atomic mass is 9.96. The van der Waals surface area contributed by atoms with Gasteiger partial charge in [-0.1, -0.05) is 0 Å². The van der Waals surface area contributed by atoms with Gasteiger partial charge < -0.3 is 21.3 Å². The number of primary amides is 1. The minimum Gasteiger partial charge on any atom is -0.369 e. The number of unbranched alkanes of at least 4 members (excludes halogenated alkanes) is 1. The maximum Gasteiger partial charge on any atom is 0.220 e. The summed E-state index contributed by atoms with van der Waals surface area (Å²) in [5, 5.41) is 6.76. The van der Waals surface area contributed by atoms with Crippen LogP contribution in [0, 0.1) is 5.92 Å². The molecule has 1 rings (SSSR count). The van der Waals surface area contributed by atoms with Gasteiger partial charge >= 0.3 is 0 Å². The van der Waals surface area contributed by atoms with Crippen LogP contribution in [0.3, 0.4) is 0 Å². The van der Waals surface area contributed by atoms with E-state index in [9.17, 15) is 4.79 Å². The number of carbonyl (C=O) groups excluding carboxylic acids is 1. The fourth-order valence-electron chi connectivity index (χ4n) is 2.70. The predicted molar refractivity (Wildman–Crippen MR) is 105 cm³/mol. The van der Waals surface area contributed by atoms with Gasteiger partial charge in [0.25, 0.3) is 0 Å². The highest BCUT2D eigenvalue weighted by molar-refractivity contribution is 7.99. The number of piperidine rings is 1. The molecule has 6 nitrogen and oxygen atoms in total. The second kappa shape index (κ2) is 10.8. The molecular weight excluding hydrogens is 322 g/mol. The quantitative estimate of drug-likeness (QED) is 0.329. The zero-order valence-electron chi connectivity index (χ0n) is 15.7. The van der Waals surface area contributed by atoms with Gasteiger partial charge in [0.05, 0.1) is 0 Å². The van der Waals surface area contributed by atoms with Gasteiger partial charge in [-0.05, 0) is 65.4 Å². The lowest BCUT2D eigenvalue weighted by molar-refractivity contribution is -0.123. The Balaban J connectivity index is 2.10. The van der Waals surface area contributed by atoms with Gasteiger partial charge in [-0.25, -0.2) is 0 Å². The van der Waals surface area contributed by atoms with Crippen molar-refractivity contribution in [3.8, 4) is 0 Å². The highest BCUT2D eigenvalue weighted by atomic mass is 32.2. The molecule has 1 aliphatic heterocycles. The third-order valence-electron chi connectivity index (χ3n) is 4.64. The Morgan fingerprint density at radius 3 is 2.50 bits per heavy atom. The van der Waals surface area contributed by atoms with E-state index in [0.29, 0.717) is 0 Å². The van der Waals surface area contributed by atoms with Gasteiger partial charge in [0.1, 0.15) is 0 Å². The van der Waals surface area contributed by atoms with Crippen LogP contribution in [0.1, 0.15) is 39.5 Å². The second-order valence-corrected chi connectivity index (χ2v) is 8.56. The Morgan fingerprint density at radius 1 is 1.29 bits per heavy atom. The van der Waals surface area contributed by atoms with Crippen LogP contribution in [0.25, 0.3) is 0 Å². The van der Waals surface area contributed by atoms with Crippen molar-refractivity contribution in [3.05, 3.63) is 0 Å². The van der Waals surface area contributed by atoms with E-state index < -0.39 is 0 Å². The third-order valence-corrected chi connectivity index (χ3v) is 5.89. The Bertz CT molecular complexity index is 406. The summed E-state index contributed by atoms with van der Waals surface area (Å²) in [5.41, 5.74) is 5.37. The summed E-state index contributed by atoms with van der Waals surface area (Å²) in [4.78, 5) is 17.9. The normalized spacial score (nSPS) is 17.8. The molecule has 1 aliphatic rings. The molecule has 0 unspecified atom stereocenters. The van der Waals surface area contributed by atoms with Crippen molar-refractivity contribution in [1.29, 1.82) is 0 Å². The first kappa shape index (κ1) is 21.1. The lowest BCUT2D eigenvalue weighted by Crippen LogP contribution is -2.43. The number of carbonyl (C=O) groups is 1. The van der Waals surface area contributed by atoms with Crippen LogP contribution in [0.5, 0.6) is 0 Å². The van der Waals surface area contributed by atoms with E-state index in [0.717, 1.165) is 64.4 Å². The van der Waals surface area contributed by atoms with Crippen molar-refractivity contribution in [1.82, 2.24) is 15.5 Å². The molecule has 140 valence electrons. The van der Waals surface area contributed by atoms with E-state index in [1.165, 1.54) is 0 Å². The minimum absolute atomic E-state index is 0.0860. The number of rotatable bonds is 9. The summed E-state index contributed by atoms with van der Waals surface area (Å²) in [6, 6.07) is 0. The summed E-state index contributed by atoms with van der Waals surface area (Å²) in [6.07, 6.45) is 6.22. The first-order valence-corrected chi connectivity index (χ1v) is 10.1. The highest BCUT2D eigenvalue weighted by Crippen LogP contribution is 2.19. The average molecular weight is 358 g/mol. The van der Waals surface area contributed by atoms with Gasteiger partial charge in [0.15, 0.2) is 5.96 Å². The molecule has 0 radical (unpaired) electrons. The van der Waals surface area contributed by atoms with Crippen LogP contribution in [0.2, 0.25) is 0 Å². The Hall–Kier alpha value is -0.950. The summed E-state index contributed by atoms with van der Waals surface area (Å²) >= 11 is 1.85. The first-order valence-electron chi connectivity index (χ1n) is 8.89. The average Bonchev–Trinajstić information content (AvgIpc) is 2.57. The fourth-order valence-corrected chi connectivity index (χ4v) is 2.91. The van der Waals surface area contributed by atoms with E-state index in [-0.39, 0.29) is 16.6 Å². The van der Waals surface area contributed by atoms with Crippen LogP contribution < -0.4 is 16.4 Å². The largest absolute Gasteiger partial charge is 0.369 e. The number of likely N-dealkylation sites (tertiary alicyclic amines) is 1. The third kappa shape index (κ3) is 8.24. The Labute approximate surface area is 151 Å². The van der Waals surface area contributed by atoms with Crippen LogP contribution in [0.15, 0.2) is 4.99 Å². The summed E-state index contributed by atoms with van der Waals surface area (Å²) in [6.45, 7) is 9.35. The lowest BCUT2D eigenvalue weighted by Gasteiger charge is -2.30. The van der Waals surface area contributed by atoms with E-state index in [1.807, 2.05) is 18.8 Å². The van der Waals surface area contributed by atoms with Crippen LogP contribution in [0.4, 0.5) is 0 Å². The second-order valence-electron chi connectivity index (χ2n) is 7.04. The smallest absolute Gasteiger partial charge is 0.220 e. The molecule has 0 bridgehead atoms. The molecule has 1 heterocycles. The van der Waals surface area contributed by atoms with Crippen LogP contribution >= 0.6 is 11.8 Å². The number of hydrogen-bond donors (Lipinski definition) is 3. The van der Waals surface area contributed by atoms with Crippen molar-refractivity contribution in [2.45, 2.75) is 44.3 Å². The van der Waals surface area contributed by atoms with E-state index in [4.69, 9.17) is 5.73 Å². The first-order chi connectivity index (χ1) is 11.4. The molecule has 0 aromatic carbocycles. The molecule has 24 heavy (non-hydrogen) atoms. The van der Waals surface area contributed by atoms with Crippen molar-refractivity contribution >= 4 is 23.6 Å². The van der Waals surface area contributed by atoms with Gasteiger partial charge in [-0.15, -0.1) is 0 Å². The zero-order chi connectivity index (χ0) is 18.0. The summed E-state index contributed by atoms with van der Waals surface area (Å²) in [7, 11) is 1.81. The predicted octanol–water partition coefficient (Wildman–Crippen LogP) is 1.27. The number of nitrogens with zero attached hydrogens (tertiary/aromatic N) is 2. The van der Waals surface area contributed by atoms with Gasteiger partial charge in [0.2, 0.25) is 5.91 Å². The molecule has 1 saturated heterocycles. The monoisotopic (exact) mass is 357 g/mol. The molecule has 0 spiro atoms. The van der Waals surface area contributed by atoms with Gasteiger partial charge in [-0.2, -0.15) is 11.8 Å². The Morgan fingerprint density at radius 2 is 1.96 bits per heavy atom. The number of guanidine groups is 1. The highest BCUT2D eigenvalue weighted by Gasteiger charge is 2.22. The Kier molecular flexibility index (Phi) is 9.51. The van der Waals surface area contributed by atoms with E-state index in [1.54, 1.807) is 0 Å². The molecule has 0 aliphatic carbocycles. The summed E-state index contributed by atoms with van der Waals surface area (Å²) in [5.74, 6) is 0.824. The number of nitrogens with two attached hydrogens (primary N) is 1. The number of thioether (sulfide) groups is 1. The molecular formula is C17H35N5OS. The molecule has 4 N–H and O–H groups in total. The van der Waals surface area contributed by atoms with Gasteiger partial charge in [0, 0.05) is 30.8 Å². The molecule has 0 aromatic heterocycles. The zero-order valence-corrected chi connectivity index (χ0v) is 16.5.